The number of benzene rings is 1. The number of thioether (sulfide) groups is 1. The maximum atomic E-state index is 13.4. The summed E-state index contributed by atoms with van der Waals surface area (Å²) >= 11 is 7.67. The van der Waals surface area contributed by atoms with Crippen molar-refractivity contribution in [1.29, 1.82) is 0 Å². The number of amides is 1. The quantitative estimate of drug-likeness (QED) is 0.913. The molecule has 1 aromatic heterocycles. The number of pyridine rings is 1. The van der Waals surface area contributed by atoms with E-state index >= 15 is 0 Å². The molecule has 0 radical (unpaired) electrons. The Morgan fingerprint density at radius 2 is 2.29 bits per heavy atom. The second-order valence-corrected chi connectivity index (χ2v) is 6.24. The van der Waals surface area contributed by atoms with E-state index in [1.807, 2.05) is 0 Å². The van der Waals surface area contributed by atoms with Gasteiger partial charge in [-0.15, -0.1) is 11.8 Å². The van der Waals surface area contributed by atoms with Gasteiger partial charge in [-0.1, -0.05) is 11.6 Å². The molecule has 0 saturated heterocycles. The highest BCUT2D eigenvalue weighted by Gasteiger charge is 2.24. The predicted octanol–water partition coefficient (Wildman–Crippen LogP) is 3.84. The molecule has 108 valence electrons. The second-order valence-electron chi connectivity index (χ2n) is 4.70. The summed E-state index contributed by atoms with van der Waals surface area (Å²) in [6.07, 6.45) is 3.72. The lowest BCUT2D eigenvalue weighted by Crippen LogP contribution is -2.31. The number of hydrogen-bond donors (Lipinski definition) is 1. The Morgan fingerprint density at radius 3 is 3.10 bits per heavy atom. The van der Waals surface area contributed by atoms with Crippen molar-refractivity contribution in [2.24, 2.45) is 0 Å². The maximum Gasteiger partial charge on any atom is 0.254 e. The zero-order valence-electron chi connectivity index (χ0n) is 11.0. The van der Waals surface area contributed by atoms with Gasteiger partial charge in [0.2, 0.25) is 0 Å². The van der Waals surface area contributed by atoms with E-state index in [0.717, 1.165) is 22.6 Å². The van der Waals surface area contributed by atoms with Crippen molar-refractivity contribution in [1.82, 2.24) is 10.3 Å². The largest absolute Gasteiger partial charge is 0.345 e. The summed E-state index contributed by atoms with van der Waals surface area (Å²) in [5.74, 6) is 0.291. The Bertz CT molecular complexity index is 695. The van der Waals surface area contributed by atoms with Gasteiger partial charge in [0.25, 0.3) is 5.91 Å². The molecule has 0 aliphatic carbocycles. The molecule has 3 nitrogen and oxygen atoms in total. The van der Waals surface area contributed by atoms with E-state index in [4.69, 9.17) is 11.6 Å². The van der Waals surface area contributed by atoms with Gasteiger partial charge in [0.15, 0.2) is 0 Å². The normalized spacial score (nSPS) is 17.1. The summed E-state index contributed by atoms with van der Waals surface area (Å²) in [7, 11) is 0. The fourth-order valence-electron chi connectivity index (χ4n) is 2.30. The first kappa shape index (κ1) is 14.4. The Kier molecular flexibility index (Phi) is 4.12. The number of fused-ring (bicyclic) bond motifs is 1. The van der Waals surface area contributed by atoms with Gasteiger partial charge in [-0.25, -0.2) is 4.39 Å². The summed E-state index contributed by atoms with van der Waals surface area (Å²) < 4.78 is 13.4. The third kappa shape index (κ3) is 3.04. The number of aromatic nitrogens is 1. The van der Waals surface area contributed by atoms with E-state index in [0.29, 0.717) is 10.6 Å². The summed E-state index contributed by atoms with van der Waals surface area (Å²) in [4.78, 5) is 17.2. The monoisotopic (exact) mass is 322 g/mol. The molecule has 1 atom stereocenters. The Morgan fingerprint density at radius 1 is 1.43 bits per heavy atom. The Balaban J connectivity index is 1.85. The van der Waals surface area contributed by atoms with E-state index in [-0.39, 0.29) is 17.8 Å². The van der Waals surface area contributed by atoms with Gasteiger partial charge >= 0.3 is 0 Å². The molecule has 1 aliphatic rings. The lowest BCUT2D eigenvalue weighted by Gasteiger charge is -2.26. The van der Waals surface area contributed by atoms with Crippen LogP contribution >= 0.6 is 23.4 Å². The van der Waals surface area contributed by atoms with Crippen LogP contribution in [0.25, 0.3) is 0 Å². The van der Waals surface area contributed by atoms with Gasteiger partial charge in [-0.2, -0.15) is 0 Å². The van der Waals surface area contributed by atoms with Crippen LogP contribution in [0.2, 0.25) is 5.02 Å². The predicted molar refractivity (Wildman–Crippen MR) is 81.2 cm³/mol. The van der Waals surface area contributed by atoms with E-state index in [1.54, 1.807) is 23.9 Å². The standard InChI is InChI=1S/C15H12ClFN2OS/c16-12-3-5-18-8-11(12)15(20)19-13-4-6-21-14-2-1-9(17)7-10(13)14/h1-3,5,7-8,13H,4,6H2,(H,19,20). The van der Waals surface area contributed by atoms with Crippen molar-refractivity contribution >= 4 is 29.3 Å². The first-order valence-electron chi connectivity index (χ1n) is 6.48. The molecule has 1 amide bonds. The van der Waals surface area contributed by atoms with E-state index in [2.05, 4.69) is 10.3 Å². The van der Waals surface area contributed by atoms with Crippen molar-refractivity contribution in [3.05, 3.63) is 58.6 Å². The van der Waals surface area contributed by atoms with Crippen molar-refractivity contribution < 1.29 is 9.18 Å². The van der Waals surface area contributed by atoms with Crippen molar-refractivity contribution in [2.45, 2.75) is 17.4 Å². The van der Waals surface area contributed by atoms with Crippen LogP contribution in [0.5, 0.6) is 0 Å². The van der Waals surface area contributed by atoms with Gasteiger partial charge in [-0.3, -0.25) is 9.78 Å². The van der Waals surface area contributed by atoms with Crippen LogP contribution in [-0.4, -0.2) is 16.6 Å². The molecule has 1 aromatic carbocycles. The maximum absolute atomic E-state index is 13.4. The molecular formula is C15H12ClFN2OS. The summed E-state index contributed by atoms with van der Waals surface area (Å²) in [5.41, 5.74) is 1.15. The lowest BCUT2D eigenvalue weighted by molar-refractivity contribution is 0.0934. The number of nitrogens with one attached hydrogen (secondary N) is 1. The average molecular weight is 323 g/mol. The number of carbonyl (C=O) groups is 1. The number of halogens is 2. The molecule has 0 spiro atoms. The summed E-state index contributed by atoms with van der Waals surface area (Å²) in [6.45, 7) is 0. The molecule has 0 fully saturated rings. The molecule has 1 unspecified atom stereocenters. The third-order valence-corrected chi connectivity index (χ3v) is 4.78. The van der Waals surface area contributed by atoms with Crippen molar-refractivity contribution in [3.8, 4) is 0 Å². The van der Waals surface area contributed by atoms with Gasteiger partial charge in [-0.05, 0) is 36.2 Å². The Hall–Kier alpha value is -1.59. The molecule has 2 aromatic rings. The molecule has 1 aliphatic heterocycles. The molecule has 6 heteroatoms. The molecule has 0 saturated carbocycles. The SMILES string of the molecule is O=C(NC1CCSc2ccc(F)cc21)c1cnccc1Cl. The zero-order valence-corrected chi connectivity index (χ0v) is 12.5. The number of nitrogens with zero attached hydrogens (tertiary/aromatic N) is 1. The highest BCUT2D eigenvalue weighted by Crippen LogP contribution is 2.36. The zero-order chi connectivity index (χ0) is 14.8. The number of rotatable bonds is 2. The van der Waals surface area contributed by atoms with E-state index in [1.165, 1.54) is 24.5 Å². The fraction of sp³-hybridized carbons (Fsp3) is 0.200. The topological polar surface area (TPSA) is 42.0 Å². The molecule has 0 bridgehead atoms. The average Bonchev–Trinajstić information content (AvgIpc) is 2.48. The van der Waals surface area contributed by atoms with Crippen LogP contribution in [0.15, 0.2) is 41.6 Å². The molecular weight excluding hydrogens is 311 g/mol. The van der Waals surface area contributed by atoms with Crippen LogP contribution in [-0.2, 0) is 0 Å². The summed E-state index contributed by atoms with van der Waals surface area (Å²) in [6, 6.07) is 6.04. The van der Waals surface area contributed by atoms with Gasteiger partial charge in [0.1, 0.15) is 5.82 Å². The van der Waals surface area contributed by atoms with Crippen LogP contribution in [0.1, 0.15) is 28.4 Å². The smallest absolute Gasteiger partial charge is 0.254 e. The molecule has 21 heavy (non-hydrogen) atoms. The first-order valence-corrected chi connectivity index (χ1v) is 7.84. The lowest BCUT2D eigenvalue weighted by atomic mass is 10.0. The van der Waals surface area contributed by atoms with E-state index in [9.17, 15) is 9.18 Å². The first-order chi connectivity index (χ1) is 10.1. The number of carbonyl (C=O) groups excluding carboxylic acids is 1. The fourth-order valence-corrected chi connectivity index (χ4v) is 3.59. The van der Waals surface area contributed by atoms with Crippen molar-refractivity contribution in [2.75, 3.05) is 5.75 Å². The van der Waals surface area contributed by atoms with Crippen molar-refractivity contribution in [3.63, 3.8) is 0 Å². The summed E-state index contributed by atoms with van der Waals surface area (Å²) in [5, 5.41) is 3.27. The van der Waals surface area contributed by atoms with Gasteiger partial charge in [0, 0.05) is 23.0 Å². The highest BCUT2D eigenvalue weighted by atomic mass is 35.5. The van der Waals surface area contributed by atoms with E-state index < -0.39 is 0 Å². The second kappa shape index (κ2) is 6.03. The molecule has 3 rings (SSSR count). The minimum absolute atomic E-state index is 0.208. The van der Waals surface area contributed by atoms with Crippen LogP contribution < -0.4 is 5.32 Å². The molecule has 2 heterocycles. The minimum atomic E-state index is -0.296. The minimum Gasteiger partial charge on any atom is -0.345 e. The third-order valence-electron chi connectivity index (χ3n) is 3.33. The van der Waals surface area contributed by atoms with Crippen LogP contribution in [0.4, 0.5) is 4.39 Å². The highest BCUT2D eigenvalue weighted by molar-refractivity contribution is 7.99. The van der Waals surface area contributed by atoms with Gasteiger partial charge in [0.05, 0.1) is 16.6 Å². The van der Waals surface area contributed by atoms with Crippen LogP contribution in [0, 0.1) is 5.82 Å². The number of hydrogen-bond acceptors (Lipinski definition) is 3. The Labute approximate surface area is 130 Å². The van der Waals surface area contributed by atoms with Gasteiger partial charge < -0.3 is 5.32 Å². The molecule has 1 N–H and O–H groups in total. The van der Waals surface area contributed by atoms with Crippen LogP contribution in [0.3, 0.4) is 0 Å².